The Morgan fingerprint density at radius 1 is 1.42 bits per heavy atom. The van der Waals surface area contributed by atoms with Gasteiger partial charge in [-0.2, -0.15) is 0 Å². The van der Waals surface area contributed by atoms with E-state index in [1.54, 1.807) is 12.2 Å². The molecule has 1 fully saturated rings. The summed E-state index contributed by atoms with van der Waals surface area (Å²) in [6.07, 6.45) is 7.46. The third kappa shape index (κ3) is 2.06. The minimum absolute atomic E-state index is 0.179. The van der Waals surface area contributed by atoms with Gasteiger partial charge >= 0.3 is 5.97 Å². The van der Waals surface area contributed by atoms with Crippen molar-refractivity contribution in [2.75, 3.05) is 13.2 Å². The lowest BCUT2D eigenvalue weighted by Crippen LogP contribution is -2.27. The van der Waals surface area contributed by atoms with Crippen LogP contribution in [0.4, 0.5) is 0 Å². The Morgan fingerprint density at radius 3 is 2.95 bits per heavy atom. The number of carboxylic acids is 1. The van der Waals surface area contributed by atoms with E-state index in [1.165, 1.54) is 6.08 Å². The van der Waals surface area contributed by atoms with Crippen molar-refractivity contribution in [3.63, 3.8) is 0 Å². The number of ketones is 1. The number of hydrogen-bond acceptors (Lipinski definition) is 4. The lowest BCUT2D eigenvalue weighted by Gasteiger charge is -2.22. The van der Waals surface area contributed by atoms with E-state index in [-0.39, 0.29) is 11.5 Å². The molecule has 0 aromatic carbocycles. The average Bonchev–Trinajstić information content (AvgIpc) is 2.92. The van der Waals surface area contributed by atoms with E-state index >= 15 is 0 Å². The zero-order valence-electron chi connectivity index (χ0n) is 10.2. The minimum Gasteiger partial charge on any atom is -0.478 e. The van der Waals surface area contributed by atoms with Gasteiger partial charge in [-0.25, -0.2) is 4.79 Å². The number of aliphatic carboxylic acids is 1. The van der Waals surface area contributed by atoms with Gasteiger partial charge in [0.05, 0.1) is 18.2 Å². The number of ether oxygens (including phenoxy) is 1. The summed E-state index contributed by atoms with van der Waals surface area (Å²) in [5.74, 6) is -1.86. The van der Waals surface area contributed by atoms with Gasteiger partial charge in [0.25, 0.3) is 0 Å². The maximum atomic E-state index is 12.0. The predicted molar refractivity (Wildman–Crippen MR) is 67.8 cm³/mol. The normalized spacial score (nSPS) is 29.5. The predicted octanol–water partition coefficient (Wildman–Crippen LogP) is 1.13. The second-order valence-corrected chi connectivity index (χ2v) is 4.78. The fraction of sp³-hybridized carbons (Fsp3) is 0.357. The van der Waals surface area contributed by atoms with Crippen LogP contribution in [0.25, 0.3) is 0 Å². The first-order valence-electron chi connectivity index (χ1n) is 6.20. The first-order valence-corrected chi connectivity index (χ1v) is 6.20. The molecule has 1 aliphatic carbocycles. The number of aliphatic imine (C=N–C) groups is 1. The molecule has 2 heterocycles. The van der Waals surface area contributed by atoms with Gasteiger partial charge in [-0.05, 0) is 24.6 Å². The van der Waals surface area contributed by atoms with Crippen molar-refractivity contribution in [2.24, 2.45) is 16.8 Å². The molecule has 0 spiro atoms. The van der Waals surface area contributed by atoms with Crippen LogP contribution in [-0.2, 0) is 14.3 Å². The Kier molecular flexibility index (Phi) is 2.91. The Labute approximate surface area is 110 Å². The monoisotopic (exact) mass is 259 g/mol. The summed E-state index contributed by atoms with van der Waals surface area (Å²) in [5.41, 5.74) is 1.36. The molecule has 2 unspecified atom stereocenters. The molecule has 1 saturated heterocycles. The number of allylic oxidation sites excluding steroid dienone is 4. The van der Waals surface area contributed by atoms with E-state index in [4.69, 9.17) is 9.84 Å². The lowest BCUT2D eigenvalue weighted by molar-refractivity contribution is -0.134. The molecule has 19 heavy (non-hydrogen) atoms. The number of Topliss-reactive ketones (excluding diaryl/α,β-unsaturated/α-hetero) is 1. The zero-order valence-corrected chi connectivity index (χ0v) is 10.2. The van der Waals surface area contributed by atoms with Crippen LogP contribution in [0.2, 0.25) is 0 Å². The first kappa shape index (κ1) is 12.0. The number of carbonyl (C=O) groups is 2. The molecule has 0 amide bonds. The quantitative estimate of drug-likeness (QED) is 0.754. The molecule has 3 aliphatic rings. The Hall–Kier alpha value is -2.01. The number of nitrogens with zero attached hydrogens (tertiary/aromatic N) is 1. The van der Waals surface area contributed by atoms with Crippen molar-refractivity contribution in [3.05, 3.63) is 35.6 Å². The summed E-state index contributed by atoms with van der Waals surface area (Å²) in [6.45, 7) is 1.40. The average molecular weight is 259 g/mol. The number of rotatable bonds is 2. The van der Waals surface area contributed by atoms with Crippen LogP contribution in [0.5, 0.6) is 0 Å². The van der Waals surface area contributed by atoms with E-state index in [1.807, 2.05) is 6.08 Å². The van der Waals surface area contributed by atoms with Crippen molar-refractivity contribution in [1.29, 1.82) is 0 Å². The van der Waals surface area contributed by atoms with E-state index in [0.717, 1.165) is 18.7 Å². The molecular weight excluding hydrogens is 246 g/mol. The van der Waals surface area contributed by atoms with Crippen LogP contribution in [0.1, 0.15) is 6.42 Å². The van der Waals surface area contributed by atoms with Crippen molar-refractivity contribution in [1.82, 2.24) is 0 Å². The van der Waals surface area contributed by atoms with E-state index in [0.29, 0.717) is 12.3 Å². The van der Waals surface area contributed by atoms with Crippen molar-refractivity contribution in [3.8, 4) is 0 Å². The Balaban J connectivity index is 1.91. The highest BCUT2D eigenvalue weighted by Gasteiger charge is 2.33. The van der Waals surface area contributed by atoms with Gasteiger partial charge in [-0.15, -0.1) is 0 Å². The second-order valence-electron chi connectivity index (χ2n) is 4.78. The van der Waals surface area contributed by atoms with Crippen molar-refractivity contribution < 1.29 is 19.4 Å². The summed E-state index contributed by atoms with van der Waals surface area (Å²) in [7, 11) is 0. The van der Waals surface area contributed by atoms with Gasteiger partial charge in [0.15, 0.2) is 5.78 Å². The fourth-order valence-electron chi connectivity index (χ4n) is 2.50. The smallest absolute Gasteiger partial charge is 0.339 e. The SMILES string of the molecule is O=C(O)C1=CC=C2N=C(C3CCOC3)C=CC2C1=O. The van der Waals surface area contributed by atoms with E-state index in [2.05, 4.69) is 4.99 Å². The summed E-state index contributed by atoms with van der Waals surface area (Å²) in [4.78, 5) is 27.4. The standard InChI is InChI=1S/C14H13NO4/c16-13-9-1-3-11(8-5-6-19-7-8)15-12(9)4-2-10(13)14(17)18/h1-4,8-9H,5-7H2,(H,17,18). The van der Waals surface area contributed by atoms with E-state index in [9.17, 15) is 9.59 Å². The molecule has 0 radical (unpaired) electrons. The maximum absolute atomic E-state index is 12.0. The summed E-state index contributed by atoms with van der Waals surface area (Å²) < 4.78 is 5.33. The summed E-state index contributed by atoms with van der Waals surface area (Å²) >= 11 is 0. The summed E-state index contributed by atoms with van der Waals surface area (Å²) in [6, 6.07) is 0. The molecule has 5 heteroatoms. The zero-order chi connectivity index (χ0) is 13.4. The number of fused-ring (bicyclic) bond motifs is 1. The van der Waals surface area contributed by atoms with Gasteiger partial charge in [-0.3, -0.25) is 9.79 Å². The molecular formula is C14H13NO4. The third-order valence-corrected chi connectivity index (χ3v) is 3.58. The fourth-order valence-corrected chi connectivity index (χ4v) is 2.50. The first-order chi connectivity index (χ1) is 9.16. The van der Waals surface area contributed by atoms with Crippen LogP contribution in [0.15, 0.2) is 40.6 Å². The largest absolute Gasteiger partial charge is 0.478 e. The minimum atomic E-state index is -1.19. The Bertz CT molecular complexity index is 562. The summed E-state index contributed by atoms with van der Waals surface area (Å²) in [5, 5.41) is 8.93. The molecule has 3 rings (SSSR count). The van der Waals surface area contributed by atoms with Crippen LogP contribution >= 0.6 is 0 Å². The molecule has 0 saturated carbocycles. The molecule has 2 aliphatic heterocycles. The number of carbonyl (C=O) groups excluding carboxylic acids is 1. The van der Waals surface area contributed by atoms with Gasteiger partial charge in [0.1, 0.15) is 5.57 Å². The van der Waals surface area contributed by atoms with Crippen LogP contribution < -0.4 is 0 Å². The van der Waals surface area contributed by atoms with Gasteiger partial charge in [-0.1, -0.05) is 6.08 Å². The molecule has 0 bridgehead atoms. The van der Waals surface area contributed by atoms with Gasteiger partial charge in [0.2, 0.25) is 0 Å². The highest BCUT2D eigenvalue weighted by Crippen LogP contribution is 2.29. The highest BCUT2D eigenvalue weighted by atomic mass is 16.5. The Morgan fingerprint density at radius 2 is 2.26 bits per heavy atom. The highest BCUT2D eigenvalue weighted by molar-refractivity contribution is 6.20. The van der Waals surface area contributed by atoms with Crippen molar-refractivity contribution >= 4 is 17.5 Å². The molecule has 0 aromatic heterocycles. The van der Waals surface area contributed by atoms with Crippen molar-refractivity contribution in [2.45, 2.75) is 6.42 Å². The van der Waals surface area contributed by atoms with Crippen LogP contribution in [0.3, 0.4) is 0 Å². The molecule has 0 aromatic rings. The third-order valence-electron chi connectivity index (χ3n) is 3.58. The van der Waals surface area contributed by atoms with Crippen LogP contribution in [0, 0.1) is 11.8 Å². The molecule has 1 N–H and O–H groups in total. The van der Waals surface area contributed by atoms with E-state index < -0.39 is 17.7 Å². The number of dihydropyridines is 1. The molecule has 2 atom stereocenters. The van der Waals surface area contributed by atoms with Gasteiger partial charge < -0.3 is 9.84 Å². The number of carboxylic acid groups (broad SMARTS) is 1. The number of hydrogen-bond donors (Lipinski definition) is 1. The topological polar surface area (TPSA) is 76.0 Å². The second kappa shape index (κ2) is 4.59. The van der Waals surface area contributed by atoms with Crippen LogP contribution in [-0.4, -0.2) is 35.8 Å². The molecule has 5 nitrogen and oxygen atoms in total. The van der Waals surface area contributed by atoms with Gasteiger partial charge in [0, 0.05) is 18.2 Å². The lowest BCUT2D eigenvalue weighted by atomic mass is 9.86. The molecule has 98 valence electrons. The maximum Gasteiger partial charge on any atom is 0.339 e.